The summed E-state index contributed by atoms with van der Waals surface area (Å²) < 4.78 is 9.36. The van der Waals surface area contributed by atoms with Gasteiger partial charge in [0.1, 0.15) is 0 Å². The van der Waals surface area contributed by atoms with Crippen molar-refractivity contribution >= 4 is 28.2 Å². The Morgan fingerprint density at radius 1 is 1.02 bits per heavy atom. The summed E-state index contributed by atoms with van der Waals surface area (Å²) in [5.41, 5.74) is 5.49. The van der Waals surface area contributed by atoms with Gasteiger partial charge in [0.25, 0.3) is 0 Å². The number of nitrogens with zero attached hydrogens (tertiary/aromatic N) is 2. The monoisotopic (exact) mass is 620 g/mol. The molecule has 3 heterocycles. The minimum absolute atomic E-state index is 0.0322. The molecule has 3 aromatic carbocycles. The van der Waals surface area contributed by atoms with E-state index in [9.17, 15) is 10.2 Å². The lowest BCUT2D eigenvalue weighted by atomic mass is 9.49. The molecule has 2 bridgehead atoms. The lowest BCUT2D eigenvalue weighted by Gasteiger charge is -2.63. The molecule has 5 aliphatic rings. The van der Waals surface area contributed by atoms with E-state index in [1.807, 2.05) is 18.2 Å². The number of nitrogens with one attached hydrogen (secondary N) is 2. The second-order valence-corrected chi connectivity index (χ2v) is 14.3. The predicted octanol–water partition coefficient (Wildman–Crippen LogP) is 5.10. The molecule has 9 rings (SSSR count). The van der Waals surface area contributed by atoms with Crippen molar-refractivity contribution in [3.63, 3.8) is 0 Å². The Morgan fingerprint density at radius 3 is 2.69 bits per heavy atom. The largest absolute Gasteiger partial charge is 0.504 e. The summed E-state index contributed by atoms with van der Waals surface area (Å²) in [7, 11) is 0. The highest BCUT2D eigenvalue weighted by atomic mass is 32.1. The number of likely N-dealkylation sites (tertiary alicyclic amines) is 1. The first kappa shape index (κ1) is 27.7. The van der Waals surface area contributed by atoms with Crippen molar-refractivity contribution in [1.29, 1.82) is 0 Å². The highest BCUT2D eigenvalue weighted by molar-refractivity contribution is 7.80. The number of aromatic nitrogens is 1. The van der Waals surface area contributed by atoms with Gasteiger partial charge in [0.2, 0.25) is 0 Å². The van der Waals surface area contributed by atoms with Gasteiger partial charge in [-0.15, -0.1) is 0 Å². The van der Waals surface area contributed by atoms with Gasteiger partial charge in [0.15, 0.2) is 22.7 Å². The molecule has 1 saturated carbocycles. The van der Waals surface area contributed by atoms with Crippen LogP contribution in [0.25, 0.3) is 10.9 Å². The number of hydrogen-bond donors (Lipinski definition) is 4. The normalized spacial score (nSPS) is 27.5. The van der Waals surface area contributed by atoms with Crippen LogP contribution in [0.5, 0.6) is 11.5 Å². The lowest BCUT2D eigenvalue weighted by Crippen LogP contribution is -2.74. The molecule has 1 saturated heterocycles. The van der Waals surface area contributed by atoms with E-state index >= 15 is 0 Å². The molecule has 2 fully saturated rings. The van der Waals surface area contributed by atoms with Crippen molar-refractivity contribution in [2.75, 3.05) is 19.6 Å². The molecule has 7 nitrogen and oxygen atoms in total. The summed E-state index contributed by atoms with van der Waals surface area (Å²) in [5.74, 6) is 1.53. The van der Waals surface area contributed by atoms with E-state index < -0.39 is 11.0 Å². The smallest absolute Gasteiger partial charge is 0.166 e. The Kier molecular flexibility index (Phi) is 6.28. The molecule has 1 spiro atoms. The van der Waals surface area contributed by atoms with Gasteiger partial charge in [-0.2, -0.15) is 0 Å². The first-order chi connectivity index (χ1) is 22.0. The fourth-order valence-electron chi connectivity index (χ4n) is 9.32. The van der Waals surface area contributed by atoms with Gasteiger partial charge in [-0.3, -0.25) is 4.90 Å². The van der Waals surface area contributed by atoms with Crippen molar-refractivity contribution in [1.82, 2.24) is 20.1 Å². The molecule has 45 heavy (non-hydrogen) atoms. The number of aliphatic hydroxyl groups is 1. The van der Waals surface area contributed by atoms with Gasteiger partial charge in [-0.1, -0.05) is 54.6 Å². The van der Waals surface area contributed by atoms with Crippen molar-refractivity contribution < 1.29 is 14.9 Å². The van der Waals surface area contributed by atoms with Crippen molar-refractivity contribution in [2.45, 2.75) is 74.8 Å². The van der Waals surface area contributed by atoms with E-state index in [4.69, 9.17) is 17.0 Å². The Labute approximate surface area is 269 Å². The van der Waals surface area contributed by atoms with Gasteiger partial charge < -0.3 is 30.2 Å². The van der Waals surface area contributed by atoms with E-state index in [1.54, 1.807) is 6.07 Å². The van der Waals surface area contributed by atoms with Gasteiger partial charge >= 0.3 is 0 Å². The third kappa shape index (κ3) is 4.04. The number of phenolic OH excluding ortho intramolecular Hbond substituents is 1. The van der Waals surface area contributed by atoms with E-state index in [1.165, 1.54) is 46.1 Å². The van der Waals surface area contributed by atoms with Crippen molar-refractivity contribution in [2.24, 2.45) is 5.92 Å². The van der Waals surface area contributed by atoms with E-state index in [0.717, 1.165) is 56.9 Å². The fourth-order valence-corrected chi connectivity index (χ4v) is 9.50. The number of fused-ring (bicyclic) bond motifs is 4. The third-order valence-electron chi connectivity index (χ3n) is 11.5. The molecular weight excluding hydrogens is 580 g/mol. The van der Waals surface area contributed by atoms with Crippen LogP contribution >= 0.6 is 12.2 Å². The molecule has 0 amide bonds. The Hall–Kier alpha value is -3.59. The molecule has 8 heteroatoms. The number of para-hydroxylation sites is 1. The second kappa shape index (κ2) is 10.2. The Balaban J connectivity index is 1.06. The molecule has 4 N–H and O–H groups in total. The maximum absolute atomic E-state index is 13.2. The summed E-state index contributed by atoms with van der Waals surface area (Å²) in [4.78, 5) is 2.60. The predicted molar refractivity (Wildman–Crippen MR) is 179 cm³/mol. The number of aryl methyl sites for hydroxylation is 1. The summed E-state index contributed by atoms with van der Waals surface area (Å²) in [5, 5.41) is 32.9. The third-order valence-corrected chi connectivity index (χ3v) is 11.8. The number of aromatic hydroxyl groups is 1. The number of thiocarbonyl (C=S) groups is 1. The van der Waals surface area contributed by atoms with Crippen LogP contribution in [0.4, 0.5) is 0 Å². The summed E-state index contributed by atoms with van der Waals surface area (Å²) in [6, 6.07) is 22.8. The zero-order chi connectivity index (χ0) is 30.3. The van der Waals surface area contributed by atoms with E-state index in [-0.39, 0.29) is 17.9 Å². The van der Waals surface area contributed by atoms with Crippen LogP contribution in [0.3, 0.4) is 0 Å². The molecule has 4 atom stereocenters. The summed E-state index contributed by atoms with van der Waals surface area (Å²) >= 11 is 5.58. The molecule has 1 aromatic heterocycles. The topological polar surface area (TPSA) is 81.9 Å². The van der Waals surface area contributed by atoms with Gasteiger partial charge in [-0.05, 0) is 85.6 Å². The Bertz CT molecular complexity index is 1820. The molecule has 2 aliphatic heterocycles. The van der Waals surface area contributed by atoms with E-state index in [0.29, 0.717) is 23.8 Å². The van der Waals surface area contributed by atoms with Crippen LogP contribution in [0, 0.1) is 5.92 Å². The zero-order valence-corrected chi connectivity index (χ0v) is 26.3. The Morgan fingerprint density at radius 2 is 1.84 bits per heavy atom. The maximum Gasteiger partial charge on any atom is 0.166 e. The number of rotatable bonds is 8. The first-order valence-corrected chi connectivity index (χ1v) is 17.0. The van der Waals surface area contributed by atoms with Crippen LogP contribution in [0.2, 0.25) is 0 Å². The van der Waals surface area contributed by atoms with Crippen LogP contribution < -0.4 is 15.4 Å². The zero-order valence-electron chi connectivity index (χ0n) is 25.5. The lowest BCUT2D eigenvalue weighted by molar-refractivity contribution is -0.173. The number of piperidine rings is 1. The molecule has 232 valence electrons. The van der Waals surface area contributed by atoms with Crippen LogP contribution in [0.1, 0.15) is 59.7 Å². The number of benzene rings is 3. The standard InChI is InChI=1S/C37H40N4O3S/c42-29-14-13-25-19-30-37(43)20-27-26-9-4-5-10-28(26)41(17-6-16-38-35(45)39-21-23-7-2-1-3-8-23)32(27)34-36(37,31(25)33(29)44-34)15-18-40(30)22-24-11-12-24/h1-5,7-10,13-14,24,30,34,42-43H,6,11-12,15-22H2,(H2,38,39,45)/t30-,34+,36+,37-/m1/s1. The summed E-state index contributed by atoms with van der Waals surface area (Å²) in [6.45, 7) is 4.25. The van der Waals surface area contributed by atoms with Crippen LogP contribution in [-0.2, 0) is 31.3 Å². The molecular formula is C37H40N4O3S. The van der Waals surface area contributed by atoms with Gasteiger partial charge in [0.05, 0.1) is 16.7 Å². The van der Waals surface area contributed by atoms with Crippen LogP contribution in [0.15, 0.2) is 66.7 Å². The molecule has 0 radical (unpaired) electrons. The molecule has 3 aliphatic carbocycles. The summed E-state index contributed by atoms with van der Waals surface area (Å²) in [6.07, 6.45) is 5.34. The van der Waals surface area contributed by atoms with E-state index in [2.05, 4.69) is 62.6 Å². The number of phenols is 1. The first-order valence-electron chi connectivity index (χ1n) is 16.6. The maximum atomic E-state index is 13.2. The van der Waals surface area contributed by atoms with Crippen LogP contribution in [-0.4, -0.2) is 56.1 Å². The average Bonchev–Trinajstić information content (AvgIpc) is 3.72. The number of hydrogen-bond acceptors (Lipinski definition) is 5. The average molecular weight is 621 g/mol. The second-order valence-electron chi connectivity index (χ2n) is 13.9. The molecule has 4 aromatic rings. The minimum Gasteiger partial charge on any atom is -0.504 e. The SMILES string of the molecule is Oc1ccc2c3c1O[C@H]1c4c(c5ccccc5n4CCCNC(=S)NCc4ccccc4)C[C@@]4(O)[C@@H](C2)N(CC2CC2)CC[C@]314. The minimum atomic E-state index is -0.975. The van der Waals surface area contributed by atoms with Crippen molar-refractivity contribution in [3.05, 3.63) is 94.7 Å². The highest BCUT2D eigenvalue weighted by Gasteiger charge is 2.73. The van der Waals surface area contributed by atoms with Crippen molar-refractivity contribution in [3.8, 4) is 11.5 Å². The fraction of sp³-hybridized carbons (Fsp3) is 0.432. The molecule has 0 unspecified atom stereocenters. The quantitative estimate of drug-likeness (QED) is 0.161. The number of ether oxygens (including phenoxy) is 1. The highest BCUT2D eigenvalue weighted by Crippen LogP contribution is 2.69. The van der Waals surface area contributed by atoms with Gasteiger partial charge in [0, 0.05) is 55.1 Å². The van der Waals surface area contributed by atoms with Gasteiger partial charge in [-0.25, -0.2) is 0 Å².